The van der Waals surface area contributed by atoms with Gasteiger partial charge in [0.2, 0.25) is 0 Å². The number of rotatable bonds is 5. The second-order valence-electron chi connectivity index (χ2n) is 3.70. The molecule has 18 heavy (non-hydrogen) atoms. The Morgan fingerprint density at radius 1 is 1.17 bits per heavy atom. The molecule has 1 unspecified atom stereocenters. The van der Waals surface area contributed by atoms with Crippen molar-refractivity contribution in [2.45, 2.75) is 6.04 Å². The first-order chi connectivity index (χ1) is 8.78. The minimum absolute atomic E-state index is 0.0206. The van der Waals surface area contributed by atoms with Crippen molar-refractivity contribution in [3.8, 4) is 11.5 Å². The molecule has 1 atom stereocenters. The van der Waals surface area contributed by atoms with Gasteiger partial charge in [-0.15, -0.1) is 5.10 Å². The Morgan fingerprint density at radius 2 is 1.83 bits per heavy atom. The molecule has 0 spiro atoms. The van der Waals surface area contributed by atoms with E-state index in [0.717, 1.165) is 22.8 Å². The van der Waals surface area contributed by atoms with Crippen molar-refractivity contribution in [1.29, 1.82) is 0 Å². The highest BCUT2D eigenvalue weighted by Crippen LogP contribution is 2.29. The van der Waals surface area contributed by atoms with E-state index in [9.17, 15) is 0 Å². The highest BCUT2D eigenvalue weighted by Gasteiger charge is 2.16. The molecule has 0 saturated heterocycles. The maximum absolute atomic E-state index is 5.27. The summed E-state index contributed by atoms with van der Waals surface area (Å²) < 4.78 is 14.4. The van der Waals surface area contributed by atoms with Crippen LogP contribution in [0, 0.1) is 0 Å². The zero-order chi connectivity index (χ0) is 13.0. The van der Waals surface area contributed by atoms with Crippen LogP contribution in [0.3, 0.4) is 0 Å². The van der Waals surface area contributed by atoms with Gasteiger partial charge in [-0.25, -0.2) is 0 Å². The maximum atomic E-state index is 5.27. The molecular formula is C12H15N3O2S. The molecule has 5 nitrogen and oxygen atoms in total. The van der Waals surface area contributed by atoms with E-state index in [1.54, 1.807) is 14.2 Å². The second kappa shape index (κ2) is 5.79. The molecule has 2 rings (SSSR count). The summed E-state index contributed by atoms with van der Waals surface area (Å²) >= 11 is 1.33. The van der Waals surface area contributed by atoms with Gasteiger partial charge in [-0.3, -0.25) is 0 Å². The average Bonchev–Trinajstić information content (AvgIpc) is 2.93. The predicted octanol–water partition coefficient (Wildman–Crippen LogP) is 1.86. The van der Waals surface area contributed by atoms with Gasteiger partial charge in [-0.2, -0.15) is 0 Å². The van der Waals surface area contributed by atoms with E-state index < -0.39 is 0 Å². The van der Waals surface area contributed by atoms with Crippen LogP contribution in [0.15, 0.2) is 23.6 Å². The van der Waals surface area contributed by atoms with Crippen LogP contribution in [0.4, 0.5) is 0 Å². The van der Waals surface area contributed by atoms with Crippen LogP contribution in [0.5, 0.6) is 11.5 Å². The lowest BCUT2D eigenvalue weighted by molar-refractivity contribution is 0.392. The number of nitrogens with one attached hydrogen (secondary N) is 1. The fraction of sp³-hybridized carbons (Fsp3) is 0.333. The minimum Gasteiger partial charge on any atom is -0.497 e. The third-order valence-corrected chi connectivity index (χ3v) is 3.19. The molecule has 96 valence electrons. The first-order valence-corrected chi connectivity index (χ1v) is 6.29. The van der Waals surface area contributed by atoms with Crippen molar-refractivity contribution in [3.05, 3.63) is 34.8 Å². The van der Waals surface area contributed by atoms with Crippen LogP contribution < -0.4 is 14.8 Å². The maximum Gasteiger partial charge on any atom is 0.122 e. The average molecular weight is 265 g/mol. The first kappa shape index (κ1) is 12.8. The Morgan fingerprint density at radius 3 is 2.28 bits per heavy atom. The van der Waals surface area contributed by atoms with Gasteiger partial charge >= 0.3 is 0 Å². The first-order valence-electron chi connectivity index (χ1n) is 5.45. The summed E-state index contributed by atoms with van der Waals surface area (Å²) in [6.07, 6.45) is 0. The van der Waals surface area contributed by atoms with E-state index in [1.165, 1.54) is 11.5 Å². The van der Waals surface area contributed by atoms with Gasteiger partial charge in [-0.05, 0) is 36.3 Å². The summed E-state index contributed by atoms with van der Waals surface area (Å²) in [7, 11) is 5.16. The number of ether oxygens (including phenoxy) is 2. The van der Waals surface area contributed by atoms with Crippen LogP contribution in [-0.2, 0) is 0 Å². The van der Waals surface area contributed by atoms with Gasteiger partial charge in [0.05, 0.1) is 26.0 Å². The molecule has 0 radical (unpaired) electrons. The van der Waals surface area contributed by atoms with Crippen LogP contribution in [0.25, 0.3) is 0 Å². The zero-order valence-electron chi connectivity index (χ0n) is 10.5. The lowest BCUT2D eigenvalue weighted by atomic mass is 10.0. The molecule has 0 fully saturated rings. The quantitative estimate of drug-likeness (QED) is 0.894. The van der Waals surface area contributed by atoms with Crippen LogP contribution in [0.2, 0.25) is 0 Å². The van der Waals surface area contributed by atoms with Gasteiger partial charge in [0, 0.05) is 11.4 Å². The molecule has 1 aromatic carbocycles. The molecule has 0 bridgehead atoms. The number of benzene rings is 1. The lowest BCUT2D eigenvalue weighted by Crippen LogP contribution is -2.18. The topological polar surface area (TPSA) is 56.3 Å². The van der Waals surface area contributed by atoms with E-state index >= 15 is 0 Å². The third kappa shape index (κ3) is 2.60. The highest BCUT2D eigenvalue weighted by atomic mass is 32.1. The Hall–Kier alpha value is -1.66. The van der Waals surface area contributed by atoms with E-state index in [1.807, 2.05) is 30.6 Å². The SMILES string of the molecule is CNC(c1cc(OC)cc(OC)c1)c1csnn1. The molecule has 2 aromatic rings. The van der Waals surface area contributed by atoms with Crippen molar-refractivity contribution in [2.24, 2.45) is 0 Å². The number of hydrogen-bond donors (Lipinski definition) is 1. The van der Waals surface area contributed by atoms with Crippen molar-refractivity contribution < 1.29 is 9.47 Å². The largest absolute Gasteiger partial charge is 0.497 e. The molecule has 0 aliphatic heterocycles. The van der Waals surface area contributed by atoms with E-state index in [4.69, 9.17) is 9.47 Å². The Balaban J connectivity index is 2.41. The molecule has 1 heterocycles. The summed E-state index contributed by atoms with van der Waals surface area (Å²) in [6.45, 7) is 0. The highest BCUT2D eigenvalue weighted by molar-refractivity contribution is 7.03. The molecule has 6 heteroatoms. The van der Waals surface area contributed by atoms with Gasteiger partial charge in [-0.1, -0.05) is 4.49 Å². The van der Waals surface area contributed by atoms with Gasteiger partial charge < -0.3 is 14.8 Å². The van der Waals surface area contributed by atoms with Crippen molar-refractivity contribution >= 4 is 11.5 Å². The summed E-state index contributed by atoms with van der Waals surface area (Å²) in [5.41, 5.74) is 1.92. The monoisotopic (exact) mass is 265 g/mol. The van der Waals surface area contributed by atoms with E-state index in [2.05, 4.69) is 14.9 Å². The molecular weight excluding hydrogens is 250 g/mol. The Labute approximate surface area is 110 Å². The molecule has 1 aromatic heterocycles. The lowest BCUT2D eigenvalue weighted by Gasteiger charge is -2.16. The molecule has 0 amide bonds. The Bertz CT molecular complexity index is 480. The van der Waals surface area contributed by atoms with Crippen molar-refractivity contribution in [3.63, 3.8) is 0 Å². The number of methoxy groups -OCH3 is 2. The minimum atomic E-state index is -0.0206. The van der Waals surface area contributed by atoms with Crippen LogP contribution in [-0.4, -0.2) is 30.9 Å². The van der Waals surface area contributed by atoms with Crippen molar-refractivity contribution in [1.82, 2.24) is 14.9 Å². The zero-order valence-corrected chi connectivity index (χ0v) is 11.3. The smallest absolute Gasteiger partial charge is 0.122 e. The summed E-state index contributed by atoms with van der Waals surface area (Å²) in [6, 6.07) is 5.74. The molecule has 0 aliphatic carbocycles. The normalized spacial score (nSPS) is 12.2. The standard InChI is InChI=1S/C12H15N3O2S/c1-13-12(11-7-18-15-14-11)8-4-9(16-2)6-10(5-8)17-3/h4-7,12-13H,1-3H3. The number of aromatic nitrogens is 2. The fourth-order valence-corrected chi connectivity index (χ4v) is 2.26. The number of nitrogens with zero attached hydrogens (tertiary/aromatic N) is 2. The molecule has 1 N–H and O–H groups in total. The van der Waals surface area contributed by atoms with Gasteiger partial charge in [0.1, 0.15) is 11.5 Å². The molecule has 0 aliphatic rings. The number of hydrogen-bond acceptors (Lipinski definition) is 6. The fourth-order valence-electron chi connectivity index (χ4n) is 1.78. The van der Waals surface area contributed by atoms with E-state index in [0.29, 0.717) is 0 Å². The van der Waals surface area contributed by atoms with Crippen LogP contribution >= 0.6 is 11.5 Å². The Kier molecular flexibility index (Phi) is 4.11. The second-order valence-corrected chi connectivity index (χ2v) is 4.31. The van der Waals surface area contributed by atoms with Gasteiger partial charge in [0.25, 0.3) is 0 Å². The van der Waals surface area contributed by atoms with Gasteiger partial charge in [0.15, 0.2) is 0 Å². The van der Waals surface area contributed by atoms with Crippen LogP contribution in [0.1, 0.15) is 17.3 Å². The van der Waals surface area contributed by atoms with E-state index in [-0.39, 0.29) is 6.04 Å². The predicted molar refractivity (Wildman–Crippen MR) is 70.4 cm³/mol. The summed E-state index contributed by atoms with van der Waals surface area (Å²) in [5, 5.41) is 9.24. The molecule has 0 saturated carbocycles. The third-order valence-electron chi connectivity index (χ3n) is 2.67. The summed E-state index contributed by atoms with van der Waals surface area (Å²) in [5.74, 6) is 1.51. The summed E-state index contributed by atoms with van der Waals surface area (Å²) in [4.78, 5) is 0. The van der Waals surface area contributed by atoms with Crippen molar-refractivity contribution in [2.75, 3.05) is 21.3 Å².